The molecule has 0 fully saturated rings. The molecule has 1 aromatic carbocycles. The number of esters is 1. The molecule has 0 aliphatic carbocycles. The Labute approximate surface area is 162 Å². The number of carbonyl (C=O) groups is 1. The Morgan fingerprint density at radius 1 is 1.19 bits per heavy atom. The van der Waals surface area contributed by atoms with Crippen molar-refractivity contribution in [2.75, 3.05) is 20.3 Å². The number of benzene rings is 1. The molecule has 0 spiro atoms. The number of amidine groups is 1. The third-order valence-electron chi connectivity index (χ3n) is 4.09. The van der Waals surface area contributed by atoms with Crippen LogP contribution in [0.1, 0.15) is 24.2 Å². The molecule has 1 aliphatic heterocycles. The van der Waals surface area contributed by atoms with Crippen molar-refractivity contribution in [1.82, 2.24) is 10.3 Å². The highest BCUT2D eigenvalue weighted by atomic mass is 35.5. The van der Waals surface area contributed by atoms with Crippen LogP contribution in [-0.4, -0.2) is 37.1 Å². The maximum Gasteiger partial charge on any atom is 0.338 e. The predicted molar refractivity (Wildman–Crippen MR) is 104 cm³/mol. The highest BCUT2D eigenvalue weighted by Crippen LogP contribution is 2.35. The number of pyridine rings is 1. The number of methoxy groups -OCH3 is 1. The first-order valence-corrected chi connectivity index (χ1v) is 8.87. The Morgan fingerprint density at radius 3 is 2.67 bits per heavy atom. The first-order valence-electron chi connectivity index (χ1n) is 8.49. The minimum atomic E-state index is -0.591. The van der Waals surface area contributed by atoms with Gasteiger partial charge in [-0.2, -0.15) is 0 Å². The Bertz CT molecular complexity index is 881. The standard InChI is InChI=1S/C20H20ClN3O3/c1-13-17(20(25)27-12-11-26-2)18(14-7-3-4-8-15(14)21)24-19(23-13)16-9-5-6-10-22-16/h3-10,18H,11-12H2,1-2H3,(H,23,24). The van der Waals surface area contributed by atoms with Gasteiger partial charge >= 0.3 is 5.97 Å². The van der Waals surface area contributed by atoms with Crippen LogP contribution in [0, 0.1) is 0 Å². The number of halogens is 1. The van der Waals surface area contributed by atoms with Gasteiger partial charge in [0.1, 0.15) is 18.3 Å². The summed E-state index contributed by atoms with van der Waals surface area (Å²) in [7, 11) is 1.55. The van der Waals surface area contributed by atoms with Crippen LogP contribution in [0.4, 0.5) is 0 Å². The minimum Gasteiger partial charge on any atom is -0.460 e. The van der Waals surface area contributed by atoms with Crippen LogP contribution in [0.2, 0.25) is 5.02 Å². The molecular weight excluding hydrogens is 366 g/mol. The average molecular weight is 386 g/mol. The Kier molecular flexibility index (Phi) is 6.21. The molecule has 140 valence electrons. The molecular formula is C20H20ClN3O3. The number of nitrogens with one attached hydrogen (secondary N) is 1. The highest BCUT2D eigenvalue weighted by Gasteiger charge is 2.32. The molecule has 1 N–H and O–H groups in total. The SMILES string of the molecule is COCCOC(=O)C1=C(C)NC(c2ccccn2)=NC1c1ccccc1Cl. The lowest BCUT2D eigenvalue weighted by atomic mass is 9.95. The summed E-state index contributed by atoms with van der Waals surface area (Å²) in [6.07, 6.45) is 1.69. The van der Waals surface area contributed by atoms with Crippen LogP contribution in [0.25, 0.3) is 0 Å². The van der Waals surface area contributed by atoms with Crippen LogP contribution >= 0.6 is 11.6 Å². The molecule has 1 aromatic heterocycles. The lowest BCUT2D eigenvalue weighted by Crippen LogP contribution is -2.33. The van der Waals surface area contributed by atoms with Gasteiger partial charge in [-0.3, -0.25) is 9.98 Å². The van der Waals surface area contributed by atoms with Crippen LogP contribution in [0.3, 0.4) is 0 Å². The summed E-state index contributed by atoms with van der Waals surface area (Å²) in [5, 5.41) is 3.70. The van der Waals surface area contributed by atoms with E-state index in [-0.39, 0.29) is 6.61 Å². The summed E-state index contributed by atoms with van der Waals surface area (Å²) >= 11 is 6.40. The van der Waals surface area contributed by atoms with Gasteiger partial charge in [0.2, 0.25) is 0 Å². The van der Waals surface area contributed by atoms with E-state index in [1.54, 1.807) is 19.4 Å². The Balaban J connectivity index is 2.01. The van der Waals surface area contributed by atoms with Gasteiger partial charge in [-0.25, -0.2) is 4.79 Å². The highest BCUT2D eigenvalue weighted by molar-refractivity contribution is 6.31. The van der Waals surface area contributed by atoms with Gasteiger partial charge in [-0.15, -0.1) is 0 Å². The minimum absolute atomic E-state index is 0.165. The van der Waals surface area contributed by atoms with E-state index in [9.17, 15) is 4.79 Å². The fraction of sp³-hybridized carbons (Fsp3) is 0.250. The third-order valence-corrected chi connectivity index (χ3v) is 4.43. The van der Waals surface area contributed by atoms with Crippen LogP contribution < -0.4 is 5.32 Å². The summed E-state index contributed by atoms with van der Waals surface area (Å²) in [6.45, 7) is 2.30. The Hall–Kier alpha value is -2.70. The van der Waals surface area contributed by atoms with Crippen LogP contribution in [-0.2, 0) is 14.3 Å². The fourth-order valence-electron chi connectivity index (χ4n) is 2.79. The van der Waals surface area contributed by atoms with Crippen molar-refractivity contribution in [2.24, 2.45) is 4.99 Å². The molecule has 0 radical (unpaired) electrons. The second-order valence-electron chi connectivity index (χ2n) is 5.91. The lowest BCUT2D eigenvalue weighted by molar-refractivity contribution is -0.140. The van der Waals surface area contributed by atoms with Gasteiger partial charge in [-0.1, -0.05) is 35.9 Å². The molecule has 1 aliphatic rings. The van der Waals surface area contributed by atoms with E-state index in [0.717, 1.165) is 5.56 Å². The maximum absolute atomic E-state index is 12.7. The van der Waals surface area contributed by atoms with Crippen molar-refractivity contribution in [2.45, 2.75) is 13.0 Å². The second-order valence-corrected chi connectivity index (χ2v) is 6.32. The van der Waals surface area contributed by atoms with Crippen molar-refractivity contribution < 1.29 is 14.3 Å². The molecule has 2 aromatic rings. The smallest absolute Gasteiger partial charge is 0.338 e. The molecule has 0 amide bonds. The molecule has 1 unspecified atom stereocenters. The van der Waals surface area contributed by atoms with E-state index < -0.39 is 12.0 Å². The number of carbonyl (C=O) groups excluding carboxylic acids is 1. The molecule has 0 saturated carbocycles. The summed E-state index contributed by atoms with van der Waals surface area (Å²) in [5.74, 6) is 0.122. The molecule has 2 heterocycles. The van der Waals surface area contributed by atoms with Gasteiger partial charge in [-0.05, 0) is 25.1 Å². The van der Waals surface area contributed by atoms with Crippen LogP contribution in [0.5, 0.6) is 0 Å². The fourth-order valence-corrected chi connectivity index (χ4v) is 3.03. The number of aliphatic imine (C=N–C) groups is 1. The quantitative estimate of drug-likeness (QED) is 0.610. The largest absolute Gasteiger partial charge is 0.460 e. The summed E-state index contributed by atoms with van der Waals surface area (Å²) in [4.78, 5) is 21.8. The van der Waals surface area contributed by atoms with E-state index in [4.69, 9.17) is 26.1 Å². The zero-order valence-corrected chi connectivity index (χ0v) is 15.9. The summed E-state index contributed by atoms with van der Waals surface area (Å²) < 4.78 is 10.3. The predicted octanol–water partition coefficient (Wildman–Crippen LogP) is 3.29. The maximum atomic E-state index is 12.7. The molecule has 1 atom stereocenters. The number of aromatic nitrogens is 1. The molecule has 7 heteroatoms. The monoisotopic (exact) mass is 385 g/mol. The summed E-state index contributed by atoms with van der Waals surface area (Å²) in [5.41, 5.74) is 2.48. The van der Waals surface area contributed by atoms with Gasteiger partial charge < -0.3 is 14.8 Å². The number of hydrogen-bond donors (Lipinski definition) is 1. The van der Waals surface area contributed by atoms with E-state index >= 15 is 0 Å². The lowest BCUT2D eigenvalue weighted by Gasteiger charge is -2.26. The van der Waals surface area contributed by atoms with Gasteiger partial charge in [0.25, 0.3) is 0 Å². The molecule has 0 bridgehead atoms. The van der Waals surface area contributed by atoms with Crippen molar-refractivity contribution in [3.05, 3.63) is 76.2 Å². The number of allylic oxidation sites excluding steroid dienone is 1. The summed E-state index contributed by atoms with van der Waals surface area (Å²) in [6, 6.07) is 12.3. The zero-order chi connectivity index (χ0) is 19.2. The molecule has 6 nitrogen and oxygen atoms in total. The first-order chi connectivity index (χ1) is 13.1. The normalized spacial score (nSPS) is 16.6. The van der Waals surface area contributed by atoms with E-state index in [1.807, 2.05) is 43.3 Å². The third kappa shape index (κ3) is 4.35. The van der Waals surface area contributed by atoms with E-state index in [2.05, 4.69) is 10.3 Å². The molecule has 3 rings (SSSR count). The second kappa shape index (κ2) is 8.79. The van der Waals surface area contributed by atoms with Crippen molar-refractivity contribution in [3.8, 4) is 0 Å². The van der Waals surface area contributed by atoms with Crippen LogP contribution in [0.15, 0.2) is 64.9 Å². The average Bonchev–Trinajstić information content (AvgIpc) is 2.68. The molecule has 27 heavy (non-hydrogen) atoms. The van der Waals surface area contributed by atoms with Crippen molar-refractivity contribution >= 4 is 23.4 Å². The zero-order valence-electron chi connectivity index (χ0n) is 15.1. The van der Waals surface area contributed by atoms with E-state index in [1.165, 1.54) is 0 Å². The van der Waals surface area contributed by atoms with Crippen molar-refractivity contribution in [1.29, 1.82) is 0 Å². The molecule has 0 saturated heterocycles. The number of nitrogens with zero attached hydrogens (tertiary/aromatic N) is 2. The first kappa shape index (κ1) is 19.1. The number of ether oxygens (including phenoxy) is 2. The topological polar surface area (TPSA) is 72.8 Å². The van der Waals surface area contributed by atoms with Gasteiger partial charge in [0, 0.05) is 29.6 Å². The van der Waals surface area contributed by atoms with Gasteiger partial charge in [0.05, 0.1) is 12.2 Å². The Morgan fingerprint density at radius 2 is 1.96 bits per heavy atom. The number of hydrogen-bond acceptors (Lipinski definition) is 6. The number of rotatable bonds is 6. The van der Waals surface area contributed by atoms with E-state index in [0.29, 0.717) is 34.4 Å². The van der Waals surface area contributed by atoms with Crippen molar-refractivity contribution in [3.63, 3.8) is 0 Å². The van der Waals surface area contributed by atoms with Gasteiger partial charge in [0.15, 0.2) is 5.84 Å².